The predicted molar refractivity (Wildman–Crippen MR) is 152 cm³/mol. The normalized spacial score (nSPS) is 17.4. The number of urea groups is 1. The molecule has 3 N–H and O–H groups in total. The molecule has 5 rings (SSSR count). The summed E-state index contributed by atoms with van der Waals surface area (Å²) in [6, 6.07) is 14.7. The Balaban J connectivity index is 1.48. The topological polar surface area (TPSA) is 148 Å². The lowest BCUT2D eigenvalue weighted by atomic mass is 10.1. The van der Waals surface area contributed by atoms with Crippen LogP contribution in [0, 0.1) is 0 Å². The van der Waals surface area contributed by atoms with E-state index in [1.807, 2.05) is 19.1 Å². The van der Waals surface area contributed by atoms with Gasteiger partial charge in [-0.15, -0.1) is 0 Å². The van der Waals surface area contributed by atoms with E-state index in [1.54, 1.807) is 35.2 Å². The molecule has 2 aliphatic rings. The first-order valence-electron chi connectivity index (χ1n) is 13.1. The summed E-state index contributed by atoms with van der Waals surface area (Å²) < 4.78 is 32.3. The summed E-state index contributed by atoms with van der Waals surface area (Å²) in [5.74, 6) is 0.430. The first kappa shape index (κ1) is 27.5. The molecular weight excluding hydrogens is 532 g/mol. The zero-order valence-electron chi connectivity index (χ0n) is 22.4. The standard InChI is InChI=1S/C28H32N6O5S/c1-18-16-39-14-13-33(18)26-15-22(17-40(37,38)25-11-5-21(6-12-25)30-19(2)35)31-27(32-26)20-3-7-23(8-4-20)34(28(29)36)24-9-10-24/h3-8,11-12,15,18,24H,9-10,13-14,16-17H2,1-2H3,(H2,29,36)(H,30,35)/t18-/m0/s1. The number of carbonyl (C=O) groups excluding carboxylic acids is 2. The molecule has 210 valence electrons. The molecule has 11 nitrogen and oxygen atoms in total. The van der Waals surface area contributed by atoms with Gasteiger partial charge in [-0.1, -0.05) is 0 Å². The van der Waals surface area contributed by atoms with Gasteiger partial charge >= 0.3 is 6.03 Å². The molecule has 3 aromatic rings. The molecule has 2 heterocycles. The van der Waals surface area contributed by atoms with Crippen LogP contribution in [0.15, 0.2) is 59.5 Å². The Bertz CT molecular complexity index is 1510. The van der Waals surface area contributed by atoms with Crippen LogP contribution in [0.25, 0.3) is 11.4 Å². The Labute approximate surface area is 233 Å². The van der Waals surface area contributed by atoms with Gasteiger partial charge in [-0.25, -0.2) is 23.2 Å². The highest BCUT2D eigenvalue weighted by Gasteiger charge is 2.32. The van der Waals surface area contributed by atoms with Crippen molar-refractivity contribution in [3.63, 3.8) is 0 Å². The second-order valence-electron chi connectivity index (χ2n) is 10.1. The Morgan fingerprint density at radius 3 is 2.40 bits per heavy atom. The Morgan fingerprint density at radius 2 is 1.80 bits per heavy atom. The van der Waals surface area contributed by atoms with Crippen molar-refractivity contribution in [3.8, 4) is 11.4 Å². The highest BCUT2D eigenvalue weighted by molar-refractivity contribution is 7.90. The molecule has 3 amide bonds. The Morgan fingerprint density at radius 1 is 1.10 bits per heavy atom. The number of hydrogen-bond donors (Lipinski definition) is 2. The van der Waals surface area contributed by atoms with Crippen LogP contribution in [-0.2, 0) is 25.1 Å². The van der Waals surface area contributed by atoms with Crippen molar-refractivity contribution in [1.82, 2.24) is 9.97 Å². The van der Waals surface area contributed by atoms with E-state index in [0.29, 0.717) is 54.0 Å². The molecule has 0 radical (unpaired) electrons. The smallest absolute Gasteiger partial charge is 0.319 e. The fourth-order valence-electron chi connectivity index (χ4n) is 4.75. The van der Waals surface area contributed by atoms with Gasteiger partial charge in [-0.3, -0.25) is 9.69 Å². The second-order valence-corrected chi connectivity index (χ2v) is 12.1. The first-order valence-corrected chi connectivity index (χ1v) is 14.8. The summed E-state index contributed by atoms with van der Waals surface area (Å²) in [6.45, 7) is 5.10. The molecule has 2 aromatic carbocycles. The number of nitrogens with one attached hydrogen (secondary N) is 1. The summed E-state index contributed by atoms with van der Waals surface area (Å²) in [4.78, 5) is 36.5. The van der Waals surface area contributed by atoms with Gasteiger partial charge in [0, 0.05) is 42.5 Å². The number of carbonyl (C=O) groups is 2. The van der Waals surface area contributed by atoms with Crippen molar-refractivity contribution in [2.45, 2.75) is 49.4 Å². The Kier molecular flexibility index (Phi) is 7.72. The minimum atomic E-state index is -3.75. The van der Waals surface area contributed by atoms with Crippen LogP contribution in [0.1, 0.15) is 32.4 Å². The van der Waals surface area contributed by atoms with Crippen LogP contribution in [0.4, 0.5) is 22.0 Å². The van der Waals surface area contributed by atoms with Crippen molar-refractivity contribution in [1.29, 1.82) is 0 Å². The average Bonchev–Trinajstić information content (AvgIpc) is 3.74. The number of benzene rings is 2. The Hall–Kier alpha value is -4.03. The van der Waals surface area contributed by atoms with E-state index in [0.717, 1.165) is 12.8 Å². The van der Waals surface area contributed by atoms with Crippen LogP contribution >= 0.6 is 0 Å². The number of ether oxygens (including phenoxy) is 1. The number of aromatic nitrogens is 2. The van der Waals surface area contributed by atoms with Crippen LogP contribution < -0.4 is 20.9 Å². The summed E-state index contributed by atoms with van der Waals surface area (Å²) in [5.41, 5.74) is 7.85. The molecule has 0 unspecified atom stereocenters. The third kappa shape index (κ3) is 6.23. The van der Waals surface area contributed by atoms with Gasteiger partial charge in [-0.05, 0) is 68.3 Å². The predicted octanol–water partition coefficient (Wildman–Crippen LogP) is 3.35. The third-order valence-corrected chi connectivity index (χ3v) is 8.52. The lowest BCUT2D eigenvalue weighted by molar-refractivity contribution is -0.114. The zero-order valence-corrected chi connectivity index (χ0v) is 23.2. The number of primary amides is 1. The molecule has 1 saturated heterocycles. The molecule has 1 aromatic heterocycles. The quantitative estimate of drug-likeness (QED) is 0.423. The molecule has 40 heavy (non-hydrogen) atoms. The van der Waals surface area contributed by atoms with E-state index in [9.17, 15) is 18.0 Å². The van der Waals surface area contributed by atoms with E-state index in [4.69, 9.17) is 15.5 Å². The summed E-state index contributed by atoms with van der Waals surface area (Å²) >= 11 is 0. The summed E-state index contributed by atoms with van der Waals surface area (Å²) in [7, 11) is -3.75. The van der Waals surface area contributed by atoms with Gasteiger partial charge in [0.05, 0.1) is 35.6 Å². The van der Waals surface area contributed by atoms with Gasteiger partial charge in [0.15, 0.2) is 15.7 Å². The SMILES string of the molecule is CC(=O)Nc1ccc(S(=O)(=O)Cc2cc(N3CCOC[C@@H]3C)nc(-c3ccc(N(C(N)=O)C4CC4)cc3)n2)cc1. The molecule has 1 aliphatic carbocycles. The number of hydrogen-bond acceptors (Lipinski definition) is 8. The molecule has 12 heteroatoms. The lowest BCUT2D eigenvalue weighted by Gasteiger charge is -2.34. The van der Waals surface area contributed by atoms with Crippen molar-refractivity contribution in [2.75, 3.05) is 34.9 Å². The number of rotatable bonds is 8. The van der Waals surface area contributed by atoms with Gasteiger partial charge in [0.1, 0.15) is 5.82 Å². The van der Waals surface area contributed by atoms with Crippen LogP contribution in [-0.4, -0.2) is 62.2 Å². The van der Waals surface area contributed by atoms with Gasteiger partial charge in [0.2, 0.25) is 5.91 Å². The zero-order chi connectivity index (χ0) is 28.4. The minimum Gasteiger partial charge on any atom is -0.377 e. The van der Waals surface area contributed by atoms with Crippen molar-refractivity contribution >= 4 is 39.0 Å². The fourth-order valence-corrected chi connectivity index (χ4v) is 6.00. The van der Waals surface area contributed by atoms with Crippen LogP contribution in [0.5, 0.6) is 0 Å². The summed E-state index contributed by atoms with van der Waals surface area (Å²) in [5, 5.41) is 2.63. The van der Waals surface area contributed by atoms with Crippen molar-refractivity contribution < 1.29 is 22.7 Å². The average molecular weight is 565 g/mol. The van der Waals surface area contributed by atoms with E-state index in [1.165, 1.54) is 19.1 Å². The van der Waals surface area contributed by atoms with Crippen molar-refractivity contribution in [3.05, 3.63) is 60.3 Å². The number of nitrogens with zero attached hydrogens (tertiary/aromatic N) is 4. The molecule has 1 aliphatic heterocycles. The maximum Gasteiger partial charge on any atom is 0.319 e. The van der Waals surface area contributed by atoms with Crippen LogP contribution in [0.2, 0.25) is 0 Å². The monoisotopic (exact) mass is 564 g/mol. The number of morpholine rings is 1. The second kappa shape index (κ2) is 11.2. The molecule has 1 atom stereocenters. The molecule has 1 saturated carbocycles. The van der Waals surface area contributed by atoms with E-state index in [-0.39, 0.29) is 28.6 Å². The molecule has 0 bridgehead atoms. The highest BCUT2D eigenvalue weighted by Crippen LogP contribution is 2.33. The van der Waals surface area contributed by atoms with E-state index >= 15 is 0 Å². The molecule has 2 fully saturated rings. The molecule has 0 spiro atoms. The number of anilines is 3. The largest absolute Gasteiger partial charge is 0.377 e. The summed E-state index contributed by atoms with van der Waals surface area (Å²) in [6.07, 6.45) is 1.84. The van der Waals surface area contributed by atoms with Crippen LogP contribution in [0.3, 0.4) is 0 Å². The molecular formula is C28H32N6O5S. The lowest BCUT2D eigenvalue weighted by Crippen LogP contribution is -2.44. The van der Waals surface area contributed by atoms with E-state index in [2.05, 4.69) is 15.2 Å². The maximum atomic E-state index is 13.4. The minimum absolute atomic E-state index is 0.0484. The number of amides is 3. The van der Waals surface area contributed by atoms with Gasteiger partial charge in [0.25, 0.3) is 0 Å². The maximum absolute atomic E-state index is 13.4. The van der Waals surface area contributed by atoms with Gasteiger partial charge in [-0.2, -0.15) is 0 Å². The van der Waals surface area contributed by atoms with Crippen molar-refractivity contribution in [2.24, 2.45) is 5.73 Å². The highest BCUT2D eigenvalue weighted by atomic mass is 32.2. The van der Waals surface area contributed by atoms with E-state index < -0.39 is 15.9 Å². The van der Waals surface area contributed by atoms with Gasteiger partial charge < -0.3 is 20.7 Å². The third-order valence-electron chi connectivity index (χ3n) is 6.85. The first-order chi connectivity index (χ1) is 19.1. The fraction of sp³-hybridized carbons (Fsp3) is 0.357. The number of nitrogens with two attached hydrogens (primary N) is 1. The number of sulfone groups is 1.